The molecule has 2 aromatic rings. The van der Waals surface area contributed by atoms with Crippen LogP contribution in [0.2, 0.25) is 10.0 Å². The lowest BCUT2D eigenvalue weighted by Crippen LogP contribution is -2.55. The topological polar surface area (TPSA) is 92.7 Å². The monoisotopic (exact) mass is 490 g/mol. The lowest BCUT2D eigenvalue weighted by Gasteiger charge is -2.40. The highest BCUT2D eigenvalue weighted by Gasteiger charge is 2.34. The van der Waals surface area contributed by atoms with Crippen LogP contribution in [-0.4, -0.2) is 69.8 Å². The Bertz CT molecular complexity index is 1100. The van der Waals surface area contributed by atoms with E-state index < -0.39 is 11.9 Å². The number of aryl methyl sites for hydroxylation is 2. The molecule has 0 spiro atoms. The Kier molecular flexibility index (Phi) is 7.71. The molecule has 10 heteroatoms. The number of carbonyl (C=O) groups excluding carboxylic acids is 3. The molecule has 0 aliphatic carbocycles. The number of halogens is 2. The molecule has 33 heavy (non-hydrogen) atoms. The first-order valence-corrected chi connectivity index (χ1v) is 11.1. The summed E-state index contributed by atoms with van der Waals surface area (Å²) in [5, 5.41) is 0.746. The molecule has 8 nitrogen and oxygen atoms in total. The van der Waals surface area contributed by atoms with Gasteiger partial charge in [0.2, 0.25) is 0 Å². The smallest absolute Gasteiger partial charge is 0.342 e. The van der Waals surface area contributed by atoms with Crippen LogP contribution in [0.25, 0.3) is 0 Å². The number of amides is 2. The van der Waals surface area contributed by atoms with Gasteiger partial charge in [0.25, 0.3) is 11.8 Å². The molecule has 0 saturated carbocycles. The minimum atomic E-state index is -0.685. The van der Waals surface area contributed by atoms with E-state index in [1.165, 1.54) is 6.08 Å². The molecular formula is C23H24Cl2N4O4. The van der Waals surface area contributed by atoms with Crippen molar-refractivity contribution in [3.8, 4) is 0 Å². The second kappa shape index (κ2) is 10.3. The van der Waals surface area contributed by atoms with E-state index in [0.29, 0.717) is 33.7 Å². The van der Waals surface area contributed by atoms with Crippen LogP contribution < -0.4 is 0 Å². The molecule has 0 N–H and O–H groups in total. The van der Waals surface area contributed by atoms with Gasteiger partial charge in [0, 0.05) is 41.3 Å². The third kappa shape index (κ3) is 5.51. The molecule has 1 fully saturated rings. The average Bonchev–Trinajstić information content (AvgIpc) is 2.75. The number of nitrogens with zero attached hydrogens (tertiary/aromatic N) is 4. The van der Waals surface area contributed by atoms with Crippen LogP contribution in [0.1, 0.15) is 49.6 Å². The zero-order valence-corrected chi connectivity index (χ0v) is 20.1. The van der Waals surface area contributed by atoms with Crippen LogP contribution in [0.4, 0.5) is 0 Å². The highest BCUT2D eigenvalue weighted by Crippen LogP contribution is 2.23. The Morgan fingerprint density at radius 3 is 2.39 bits per heavy atom. The number of benzene rings is 1. The second-order valence-electron chi connectivity index (χ2n) is 7.72. The van der Waals surface area contributed by atoms with Gasteiger partial charge in [-0.05, 0) is 39.0 Å². The number of esters is 1. The third-order valence-corrected chi connectivity index (χ3v) is 5.66. The minimum absolute atomic E-state index is 0.00508. The SMILES string of the molecule is C=CCOC(=O)c1c(C)nc(C)nc1C(=O)N1CCN(C(=O)c2cc(Cl)cc(Cl)c2)C(C)C1. The Morgan fingerprint density at radius 2 is 1.79 bits per heavy atom. The van der Waals surface area contributed by atoms with Crippen LogP contribution in [0.3, 0.4) is 0 Å². The molecule has 1 atom stereocenters. The van der Waals surface area contributed by atoms with E-state index in [4.69, 9.17) is 27.9 Å². The molecule has 1 aliphatic heterocycles. The van der Waals surface area contributed by atoms with Crippen LogP contribution in [-0.2, 0) is 4.74 Å². The minimum Gasteiger partial charge on any atom is -0.458 e. The molecule has 2 amide bonds. The molecule has 2 heterocycles. The van der Waals surface area contributed by atoms with Gasteiger partial charge in [-0.2, -0.15) is 0 Å². The lowest BCUT2D eigenvalue weighted by atomic mass is 10.1. The van der Waals surface area contributed by atoms with Crippen molar-refractivity contribution in [1.82, 2.24) is 19.8 Å². The summed E-state index contributed by atoms with van der Waals surface area (Å²) < 4.78 is 5.13. The molecule has 1 aromatic carbocycles. The molecule has 1 unspecified atom stereocenters. The normalized spacial score (nSPS) is 15.8. The summed E-state index contributed by atoms with van der Waals surface area (Å²) >= 11 is 12.1. The van der Waals surface area contributed by atoms with Crippen LogP contribution in [0.5, 0.6) is 0 Å². The summed E-state index contributed by atoms with van der Waals surface area (Å²) in [6, 6.07) is 4.40. The van der Waals surface area contributed by atoms with Gasteiger partial charge in [0.05, 0.1) is 5.69 Å². The lowest BCUT2D eigenvalue weighted by molar-refractivity contribution is 0.0406. The summed E-state index contributed by atoms with van der Waals surface area (Å²) in [6.07, 6.45) is 1.44. The van der Waals surface area contributed by atoms with Gasteiger partial charge >= 0.3 is 5.97 Å². The highest BCUT2D eigenvalue weighted by molar-refractivity contribution is 6.35. The van der Waals surface area contributed by atoms with Gasteiger partial charge in [0.15, 0.2) is 0 Å². The van der Waals surface area contributed by atoms with Crippen LogP contribution in [0.15, 0.2) is 30.9 Å². The van der Waals surface area contributed by atoms with Gasteiger partial charge in [-0.1, -0.05) is 35.9 Å². The number of aromatic nitrogens is 2. The number of hydrogen-bond donors (Lipinski definition) is 0. The summed E-state index contributed by atoms with van der Waals surface area (Å²) in [6.45, 7) is 9.49. The number of hydrogen-bond acceptors (Lipinski definition) is 6. The number of carbonyl (C=O) groups is 3. The van der Waals surface area contributed by atoms with Crippen molar-refractivity contribution in [2.24, 2.45) is 0 Å². The standard InChI is InChI=1S/C23H24Cl2N4O4/c1-5-8-33-23(32)19-14(3)26-15(4)27-20(19)22(31)28-6-7-29(13(2)12-28)21(30)16-9-17(24)11-18(25)10-16/h5,9-11,13H,1,6-8,12H2,2-4H3. The molecule has 1 saturated heterocycles. The van der Waals surface area contributed by atoms with E-state index in [-0.39, 0.29) is 42.9 Å². The zero-order chi connectivity index (χ0) is 24.3. The number of ether oxygens (including phenoxy) is 1. The summed E-state index contributed by atoms with van der Waals surface area (Å²) in [4.78, 5) is 50.6. The predicted molar refractivity (Wildman–Crippen MR) is 125 cm³/mol. The average molecular weight is 491 g/mol. The Morgan fingerprint density at radius 1 is 1.12 bits per heavy atom. The first-order valence-electron chi connectivity index (χ1n) is 10.3. The fourth-order valence-corrected chi connectivity index (χ4v) is 4.28. The van der Waals surface area contributed by atoms with E-state index in [9.17, 15) is 14.4 Å². The molecule has 174 valence electrons. The third-order valence-electron chi connectivity index (χ3n) is 5.23. The number of rotatable bonds is 5. The highest BCUT2D eigenvalue weighted by atomic mass is 35.5. The molecule has 3 rings (SSSR count). The molecule has 0 radical (unpaired) electrons. The summed E-state index contributed by atoms with van der Waals surface area (Å²) in [5.41, 5.74) is 0.767. The van der Waals surface area contributed by atoms with Gasteiger partial charge in [-0.25, -0.2) is 14.8 Å². The first kappa shape index (κ1) is 24.7. The fourth-order valence-electron chi connectivity index (χ4n) is 3.76. The largest absolute Gasteiger partial charge is 0.458 e. The molecule has 1 aliphatic rings. The van der Waals surface area contributed by atoms with E-state index in [1.54, 1.807) is 41.8 Å². The predicted octanol–water partition coefficient (Wildman–Crippen LogP) is 3.73. The first-order chi connectivity index (χ1) is 15.6. The van der Waals surface area contributed by atoms with Crippen molar-refractivity contribution in [2.45, 2.75) is 26.8 Å². The van der Waals surface area contributed by atoms with E-state index in [0.717, 1.165) is 0 Å². The second-order valence-corrected chi connectivity index (χ2v) is 8.60. The van der Waals surface area contributed by atoms with Gasteiger partial charge < -0.3 is 14.5 Å². The summed E-state index contributed by atoms with van der Waals surface area (Å²) in [7, 11) is 0. The maximum Gasteiger partial charge on any atom is 0.342 e. The van der Waals surface area contributed by atoms with E-state index in [2.05, 4.69) is 16.5 Å². The van der Waals surface area contributed by atoms with Gasteiger partial charge in [-0.3, -0.25) is 9.59 Å². The summed E-state index contributed by atoms with van der Waals surface area (Å²) in [5.74, 6) is -0.952. The van der Waals surface area contributed by atoms with Crippen LogP contribution in [0, 0.1) is 13.8 Å². The van der Waals surface area contributed by atoms with Crippen molar-refractivity contribution in [3.63, 3.8) is 0 Å². The quantitative estimate of drug-likeness (QED) is 0.468. The van der Waals surface area contributed by atoms with Gasteiger partial charge in [0.1, 0.15) is 23.7 Å². The maximum atomic E-state index is 13.4. The Hall–Kier alpha value is -2.97. The van der Waals surface area contributed by atoms with Crippen molar-refractivity contribution in [1.29, 1.82) is 0 Å². The van der Waals surface area contributed by atoms with Crippen LogP contribution >= 0.6 is 23.2 Å². The van der Waals surface area contributed by atoms with Gasteiger partial charge in [-0.15, -0.1) is 0 Å². The fraction of sp³-hybridized carbons (Fsp3) is 0.348. The van der Waals surface area contributed by atoms with Crippen molar-refractivity contribution in [3.05, 3.63) is 69.2 Å². The molecular weight excluding hydrogens is 467 g/mol. The van der Waals surface area contributed by atoms with Crippen molar-refractivity contribution < 1.29 is 19.1 Å². The van der Waals surface area contributed by atoms with Crippen molar-refractivity contribution in [2.75, 3.05) is 26.2 Å². The molecule has 1 aromatic heterocycles. The Labute approximate surface area is 202 Å². The zero-order valence-electron chi connectivity index (χ0n) is 18.6. The van der Waals surface area contributed by atoms with Crippen molar-refractivity contribution >= 4 is 41.0 Å². The molecule has 0 bridgehead atoms. The van der Waals surface area contributed by atoms with E-state index in [1.807, 2.05) is 6.92 Å². The maximum absolute atomic E-state index is 13.4. The van der Waals surface area contributed by atoms with E-state index >= 15 is 0 Å². The Balaban J connectivity index is 1.81. The number of piperazine rings is 1.